The Morgan fingerprint density at radius 2 is 1.88 bits per heavy atom. The zero-order valence-corrected chi connectivity index (χ0v) is 10.4. The first-order valence-corrected chi connectivity index (χ1v) is 5.55. The van der Waals surface area contributed by atoms with Crippen molar-refractivity contribution in [2.24, 2.45) is 0 Å². The first kappa shape index (κ1) is 13.1. The molecule has 0 heterocycles. The number of rotatable bonds is 5. The summed E-state index contributed by atoms with van der Waals surface area (Å²) in [5.74, 6) is -0.104. The minimum Gasteiger partial charge on any atom is -0.383 e. The summed E-state index contributed by atoms with van der Waals surface area (Å²) < 4.78 is 18.4. The molecule has 0 aliphatic carbocycles. The number of ether oxygens (including phenoxy) is 1. The molecule has 1 atom stereocenters. The molecule has 1 aromatic carbocycles. The smallest absolute Gasteiger partial charge is 0.129 e. The molecule has 0 spiro atoms. The van der Waals surface area contributed by atoms with Crippen molar-refractivity contribution in [2.45, 2.75) is 26.8 Å². The molecule has 0 fully saturated rings. The van der Waals surface area contributed by atoms with Crippen LogP contribution < -0.4 is 5.32 Å². The van der Waals surface area contributed by atoms with Crippen molar-refractivity contribution in [3.05, 3.63) is 34.6 Å². The van der Waals surface area contributed by atoms with Gasteiger partial charge >= 0.3 is 0 Å². The third kappa shape index (κ3) is 3.29. The third-order valence-corrected chi connectivity index (χ3v) is 2.72. The molecule has 90 valence electrons. The van der Waals surface area contributed by atoms with Crippen LogP contribution in [0.4, 0.5) is 4.39 Å². The van der Waals surface area contributed by atoms with Crippen LogP contribution in [-0.2, 0) is 4.74 Å². The minimum atomic E-state index is -0.104. The molecule has 1 N–H and O–H groups in total. The van der Waals surface area contributed by atoms with Gasteiger partial charge in [-0.1, -0.05) is 12.1 Å². The maximum atomic E-state index is 13.4. The standard InChI is InChI=1S/C13H20FNO/c1-9-7-12(8-10(2)13(9)14)11(3)15-5-6-16-4/h7-8,11,15H,5-6H2,1-4H3. The Kier molecular flexibility index (Phi) is 4.90. The van der Waals surface area contributed by atoms with Crippen molar-refractivity contribution < 1.29 is 9.13 Å². The Morgan fingerprint density at radius 3 is 2.38 bits per heavy atom. The zero-order valence-electron chi connectivity index (χ0n) is 10.4. The van der Waals surface area contributed by atoms with Crippen LogP contribution in [0.3, 0.4) is 0 Å². The largest absolute Gasteiger partial charge is 0.383 e. The summed E-state index contributed by atoms with van der Waals surface area (Å²) in [5.41, 5.74) is 2.53. The molecule has 16 heavy (non-hydrogen) atoms. The summed E-state index contributed by atoms with van der Waals surface area (Å²) in [5, 5.41) is 3.33. The highest BCUT2D eigenvalue weighted by atomic mass is 19.1. The lowest BCUT2D eigenvalue weighted by atomic mass is 10.0. The first-order chi connectivity index (χ1) is 7.56. The molecule has 1 aromatic rings. The number of aryl methyl sites for hydroxylation is 2. The highest BCUT2D eigenvalue weighted by molar-refractivity contribution is 5.32. The molecule has 0 aliphatic heterocycles. The number of hydrogen-bond acceptors (Lipinski definition) is 2. The van der Waals surface area contributed by atoms with E-state index >= 15 is 0 Å². The van der Waals surface area contributed by atoms with Crippen LogP contribution in [0, 0.1) is 19.7 Å². The van der Waals surface area contributed by atoms with Gasteiger partial charge in [-0.15, -0.1) is 0 Å². The van der Waals surface area contributed by atoms with Crippen LogP contribution in [0.5, 0.6) is 0 Å². The molecule has 0 aliphatic rings. The summed E-state index contributed by atoms with van der Waals surface area (Å²) in [6.45, 7) is 7.15. The summed E-state index contributed by atoms with van der Waals surface area (Å²) >= 11 is 0. The molecule has 0 saturated heterocycles. The highest BCUT2D eigenvalue weighted by Gasteiger charge is 2.09. The summed E-state index contributed by atoms with van der Waals surface area (Å²) in [6.07, 6.45) is 0. The predicted octanol–water partition coefficient (Wildman–Crippen LogP) is 2.74. The summed E-state index contributed by atoms with van der Waals surface area (Å²) in [4.78, 5) is 0. The maximum absolute atomic E-state index is 13.4. The van der Waals surface area contributed by atoms with Gasteiger partial charge in [-0.3, -0.25) is 0 Å². The molecule has 2 nitrogen and oxygen atoms in total. The lowest BCUT2D eigenvalue weighted by Gasteiger charge is -2.16. The number of benzene rings is 1. The molecular formula is C13H20FNO. The van der Waals surface area contributed by atoms with E-state index in [0.717, 1.165) is 12.1 Å². The van der Waals surface area contributed by atoms with Gasteiger partial charge in [0.15, 0.2) is 0 Å². The lowest BCUT2D eigenvalue weighted by molar-refractivity contribution is 0.196. The molecular weight excluding hydrogens is 205 g/mol. The second kappa shape index (κ2) is 5.97. The van der Waals surface area contributed by atoms with Gasteiger partial charge in [0.2, 0.25) is 0 Å². The average molecular weight is 225 g/mol. The lowest BCUT2D eigenvalue weighted by Crippen LogP contribution is -2.23. The van der Waals surface area contributed by atoms with Gasteiger partial charge in [-0.05, 0) is 37.5 Å². The van der Waals surface area contributed by atoms with Crippen molar-refractivity contribution >= 4 is 0 Å². The molecule has 0 amide bonds. The molecule has 0 saturated carbocycles. The van der Waals surface area contributed by atoms with E-state index < -0.39 is 0 Å². The molecule has 0 radical (unpaired) electrons. The van der Waals surface area contributed by atoms with E-state index in [1.807, 2.05) is 12.1 Å². The Labute approximate surface area is 96.8 Å². The van der Waals surface area contributed by atoms with Gasteiger partial charge in [0.1, 0.15) is 5.82 Å². The van der Waals surface area contributed by atoms with Crippen LogP contribution in [0.15, 0.2) is 12.1 Å². The fourth-order valence-corrected chi connectivity index (χ4v) is 1.72. The molecule has 1 unspecified atom stereocenters. The zero-order chi connectivity index (χ0) is 12.1. The predicted molar refractivity (Wildman–Crippen MR) is 64.2 cm³/mol. The molecule has 3 heteroatoms. The second-order valence-electron chi connectivity index (χ2n) is 4.14. The van der Waals surface area contributed by atoms with Crippen LogP contribution in [0.1, 0.15) is 29.7 Å². The first-order valence-electron chi connectivity index (χ1n) is 5.55. The monoisotopic (exact) mass is 225 g/mol. The third-order valence-electron chi connectivity index (χ3n) is 2.72. The Morgan fingerprint density at radius 1 is 1.31 bits per heavy atom. The Bertz CT molecular complexity index is 329. The normalized spacial score (nSPS) is 12.8. The van der Waals surface area contributed by atoms with Crippen molar-refractivity contribution in [1.82, 2.24) is 5.32 Å². The molecule has 1 rings (SSSR count). The molecule has 0 aromatic heterocycles. The SMILES string of the molecule is COCCNC(C)c1cc(C)c(F)c(C)c1. The van der Waals surface area contributed by atoms with Crippen LogP contribution in [0.25, 0.3) is 0 Å². The average Bonchev–Trinajstić information content (AvgIpc) is 2.25. The number of halogens is 1. The van der Waals surface area contributed by atoms with E-state index in [-0.39, 0.29) is 11.9 Å². The van der Waals surface area contributed by atoms with Crippen molar-refractivity contribution in [1.29, 1.82) is 0 Å². The topological polar surface area (TPSA) is 21.3 Å². The Hall–Kier alpha value is -0.930. The van der Waals surface area contributed by atoms with E-state index in [4.69, 9.17) is 4.74 Å². The fraction of sp³-hybridized carbons (Fsp3) is 0.538. The van der Waals surface area contributed by atoms with Gasteiger partial charge in [0, 0.05) is 19.7 Å². The van der Waals surface area contributed by atoms with Gasteiger partial charge in [-0.2, -0.15) is 0 Å². The van der Waals surface area contributed by atoms with Crippen molar-refractivity contribution in [3.8, 4) is 0 Å². The minimum absolute atomic E-state index is 0.104. The van der Waals surface area contributed by atoms with Gasteiger partial charge in [0.05, 0.1) is 6.61 Å². The van der Waals surface area contributed by atoms with E-state index in [0.29, 0.717) is 17.7 Å². The van der Waals surface area contributed by atoms with Gasteiger partial charge in [0.25, 0.3) is 0 Å². The number of nitrogens with one attached hydrogen (secondary N) is 1. The maximum Gasteiger partial charge on any atom is 0.129 e. The van der Waals surface area contributed by atoms with Gasteiger partial charge in [-0.25, -0.2) is 4.39 Å². The summed E-state index contributed by atoms with van der Waals surface area (Å²) in [6, 6.07) is 4.01. The Balaban J connectivity index is 2.72. The van der Waals surface area contributed by atoms with Gasteiger partial charge < -0.3 is 10.1 Å². The van der Waals surface area contributed by atoms with Crippen LogP contribution >= 0.6 is 0 Å². The van der Waals surface area contributed by atoms with Crippen LogP contribution in [0.2, 0.25) is 0 Å². The van der Waals surface area contributed by atoms with E-state index in [2.05, 4.69) is 12.2 Å². The van der Waals surface area contributed by atoms with E-state index in [1.165, 1.54) is 0 Å². The van der Waals surface area contributed by atoms with Crippen LogP contribution in [-0.4, -0.2) is 20.3 Å². The summed E-state index contributed by atoms with van der Waals surface area (Å²) in [7, 11) is 1.68. The quantitative estimate of drug-likeness (QED) is 0.778. The number of hydrogen-bond donors (Lipinski definition) is 1. The van der Waals surface area contributed by atoms with E-state index in [1.54, 1.807) is 21.0 Å². The highest BCUT2D eigenvalue weighted by Crippen LogP contribution is 2.19. The number of methoxy groups -OCH3 is 1. The second-order valence-corrected chi connectivity index (χ2v) is 4.14. The molecule has 0 bridgehead atoms. The van der Waals surface area contributed by atoms with Crippen molar-refractivity contribution in [2.75, 3.05) is 20.3 Å². The van der Waals surface area contributed by atoms with Crippen molar-refractivity contribution in [3.63, 3.8) is 0 Å². The van der Waals surface area contributed by atoms with E-state index in [9.17, 15) is 4.39 Å². The fourth-order valence-electron chi connectivity index (χ4n) is 1.72.